The number of nitrogen functional groups attached to an aromatic ring is 1. The molecule has 25 heavy (non-hydrogen) atoms. The third-order valence-corrected chi connectivity index (χ3v) is 4.88. The Bertz CT molecular complexity index is 637. The van der Waals surface area contributed by atoms with Crippen LogP contribution < -0.4 is 10.5 Å². The molecule has 3 rings (SSSR count). The van der Waals surface area contributed by atoms with E-state index in [9.17, 15) is 0 Å². The van der Waals surface area contributed by atoms with Crippen molar-refractivity contribution in [2.45, 2.75) is 31.4 Å². The van der Waals surface area contributed by atoms with E-state index in [-0.39, 0.29) is 0 Å². The number of rotatable bonds is 7. The fourth-order valence-electron chi connectivity index (χ4n) is 3.36. The topological polar surface area (TPSA) is 38.5 Å². The monoisotopic (exact) mass is 342 g/mol. The molecule has 2 aromatic carbocycles. The van der Waals surface area contributed by atoms with E-state index in [1.54, 1.807) is 0 Å². The zero-order chi connectivity index (χ0) is 17.5. The Kier molecular flexibility index (Phi) is 5.92. The first-order valence-corrected chi connectivity index (χ1v) is 9.07. The summed E-state index contributed by atoms with van der Waals surface area (Å²) in [6, 6.07) is 17.4. The fraction of sp³-hybridized carbons (Fsp3) is 0.429. The first-order chi connectivity index (χ1) is 12.1. The summed E-state index contributed by atoms with van der Waals surface area (Å²) in [5.74, 6) is 0.846. The van der Waals surface area contributed by atoms with Gasteiger partial charge in [-0.25, -0.2) is 4.39 Å². The summed E-state index contributed by atoms with van der Waals surface area (Å²) >= 11 is 0. The van der Waals surface area contributed by atoms with Gasteiger partial charge in [-0.05, 0) is 49.1 Å². The number of hydrogen-bond acceptors (Lipinski definition) is 3. The molecule has 2 aromatic rings. The maximum atomic E-state index is 15.0. The Hall–Kier alpha value is -2.07. The predicted molar refractivity (Wildman–Crippen MR) is 101 cm³/mol. The van der Waals surface area contributed by atoms with Crippen molar-refractivity contribution in [3.63, 3.8) is 0 Å². The second kappa shape index (κ2) is 8.34. The summed E-state index contributed by atoms with van der Waals surface area (Å²) in [6.07, 6.45) is 2.70. The van der Waals surface area contributed by atoms with Gasteiger partial charge in [0.1, 0.15) is 11.4 Å². The summed E-state index contributed by atoms with van der Waals surface area (Å²) < 4.78 is 20.7. The molecule has 134 valence electrons. The van der Waals surface area contributed by atoms with Crippen LogP contribution in [0.1, 0.15) is 24.8 Å². The highest BCUT2D eigenvalue weighted by Gasteiger charge is 2.34. The highest BCUT2D eigenvalue weighted by Crippen LogP contribution is 2.30. The average molecular weight is 342 g/mol. The number of alkyl halides is 1. The number of likely N-dealkylation sites (tertiary alicyclic amines) is 1. The smallest absolute Gasteiger partial charge is 0.119 e. The number of piperidine rings is 1. The number of halogens is 1. The van der Waals surface area contributed by atoms with Crippen LogP contribution in [0.15, 0.2) is 54.6 Å². The lowest BCUT2D eigenvalue weighted by Crippen LogP contribution is -2.43. The minimum absolute atomic E-state index is 0.530. The van der Waals surface area contributed by atoms with Gasteiger partial charge in [0.15, 0.2) is 0 Å². The van der Waals surface area contributed by atoms with Gasteiger partial charge in [0, 0.05) is 31.7 Å². The van der Waals surface area contributed by atoms with Gasteiger partial charge in [0.2, 0.25) is 0 Å². The Morgan fingerprint density at radius 3 is 2.36 bits per heavy atom. The molecule has 0 unspecified atom stereocenters. The second-order valence-electron chi connectivity index (χ2n) is 6.93. The van der Waals surface area contributed by atoms with Crippen LogP contribution in [-0.4, -0.2) is 36.8 Å². The third kappa shape index (κ3) is 5.46. The van der Waals surface area contributed by atoms with Crippen LogP contribution in [0.3, 0.4) is 0 Å². The molecule has 0 atom stereocenters. The van der Waals surface area contributed by atoms with Crippen molar-refractivity contribution in [3.8, 4) is 5.75 Å². The van der Waals surface area contributed by atoms with Crippen LogP contribution in [-0.2, 0) is 6.42 Å². The molecule has 0 aliphatic carbocycles. The number of nitrogens with zero attached hydrogens (tertiary/aromatic N) is 1. The number of hydrogen-bond donors (Lipinski definition) is 1. The maximum Gasteiger partial charge on any atom is 0.119 e. The first-order valence-electron chi connectivity index (χ1n) is 9.07. The molecule has 0 spiro atoms. The molecule has 0 saturated carbocycles. The lowest BCUT2D eigenvalue weighted by atomic mass is 9.87. The van der Waals surface area contributed by atoms with E-state index in [4.69, 9.17) is 10.5 Å². The van der Waals surface area contributed by atoms with Gasteiger partial charge in [0.25, 0.3) is 0 Å². The van der Waals surface area contributed by atoms with E-state index in [0.717, 1.165) is 43.1 Å². The van der Waals surface area contributed by atoms with Crippen molar-refractivity contribution < 1.29 is 9.13 Å². The molecule has 1 aliphatic rings. The van der Waals surface area contributed by atoms with Gasteiger partial charge >= 0.3 is 0 Å². The van der Waals surface area contributed by atoms with Gasteiger partial charge in [-0.3, -0.25) is 0 Å². The molecule has 0 aromatic heterocycles. The molecule has 3 nitrogen and oxygen atoms in total. The minimum Gasteiger partial charge on any atom is -0.494 e. The fourth-order valence-corrected chi connectivity index (χ4v) is 3.36. The molecular weight excluding hydrogens is 315 g/mol. The molecule has 1 fully saturated rings. The molecule has 0 amide bonds. The summed E-state index contributed by atoms with van der Waals surface area (Å²) in [7, 11) is 0. The molecule has 1 saturated heterocycles. The molecule has 1 heterocycles. The van der Waals surface area contributed by atoms with Gasteiger partial charge in [0.05, 0.1) is 6.61 Å². The van der Waals surface area contributed by atoms with Crippen molar-refractivity contribution in [1.82, 2.24) is 4.90 Å². The zero-order valence-corrected chi connectivity index (χ0v) is 14.7. The predicted octanol–water partition coefficient (Wildman–Crippen LogP) is 4.08. The van der Waals surface area contributed by atoms with Crippen LogP contribution in [0.25, 0.3) is 0 Å². The SMILES string of the molecule is Nc1ccc(OCCCN2CCC(F)(Cc3ccccc3)CC2)cc1. The third-order valence-electron chi connectivity index (χ3n) is 4.88. The van der Waals surface area contributed by atoms with E-state index >= 15 is 4.39 Å². The number of ether oxygens (including phenoxy) is 1. The minimum atomic E-state index is -1.06. The Balaban J connectivity index is 1.35. The Morgan fingerprint density at radius 2 is 1.68 bits per heavy atom. The van der Waals surface area contributed by atoms with Crippen LogP contribution in [0.5, 0.6) is 5.75 Å². The van der Waals surface area contributed by atoms with Crippen LogP contribution >= 0.6 is 0 Å². The number of benzene rings is 2. The van der Waals surface area contributed by atoms with Crippen molar-refractivity contribution >= 4 is 5.69 Å². The van der Waals surface area contributed by atoms with Crippen LogP contribution in [0.4, 0.5) is 10.1 Å². The lowest BCUT2D eigenvalue weighted by molar-refractivity contribution is 0.0564. The maximum absolute atomic E-state index is 15.0. The van der Waals surface area contributed by atoms with Crippen LogP contribution in [0, 0.1) is 0 Å². The summed E-state index contributed by atoms with van der Waals surface area (Å²) in [5.41, 5.74) is 6.43. The van der Waals surface area contributed by atoms with Gasteiger partial charge in [-0.1, -0.05) is 30.3 Å². The summed E-state index contributed by atoms with van der Waals surface area (Å²) in [5, 5.41) is 0. The van der Waals surface area contributed by atoms with Gasteiger partial charge < -0.3 is 15.4 Å². The van der Waals surface area contributed by atoms with E-state index in [1.165, 1.54) is 0 Å². The molecular formula is C21H27FN2O. The highest BCUT2D eigenvalue weighted by molar-refractivity contribution is 5.41. The highest BCUT2D eigenvalue weighted by atomic mass is 19.1. The van der Waals surface area contributed by atoms with E-state index in [0.29, 0.717) is 25.9 Å². The molecule has 1 aliphatic heterocycles. The zero-order valence-electron chi connectivity index (χ0n) is 14.7. The quantitative estimate of drug-likeness (QED) is 0.608. The molecule has 0 bridgehead atoms. The largest absolute Gasteiger partial charge is 0.494 e. The Labute approximate surface area is 149 Å². The Morgan fingerprint density at radius 1 is 1.00 bits per heavy atom. The van der Waals surface area contributed by atoms with E-state index in [1.807, 2.05) is 54.6 Å². The van der Waals surface area contributed by atoms with E-state index in [2.05, 4.69) is 4.90 Å². The summed E-state index contributed by atoms with van der Waals surface area (Å²) in [6.45, 7) is 3.28. The number of nitrogens with two attached hydrogens (primary N) is 1. The molecule has 0 radical (unpaired) electrons. The van der Waals surface area contributed by atoms with Crippen molar-refractivity contribution in [1.29, 1.82) is 0 Å². The molecule has 4 heteroatoms. The van der Waals surface area contributed by atoms with Crippen LogP contribution in [0.2, 0.25) is 0 Å². The lowest BCUT2D eigenvalue weighted by Gasteiger charge is -2.36. The molecule has 2 N–H and O–H groups in total. The van der Waals surface area contributed by atoms with Crippen molar-refractivity contribution in [2.75, 3.05) is 32.0 Å². The van der Waals surface area contributed by atoms with Gasteiger partial charge in [-0.15, -0.1) is 0 Å². The second-order valence-corrected chi connectivity index (χ2v) is 6.93. The van der Waals surface area contributed by atoms with Crippen molar-refractivity contribution in [2.24, 2.45) is 0 Å². The average Bonchev–Trinajstić information content (AvgIpc) is 2.62. The standard InChI is InChI=1S/C21H27FN2O/c22-21(17-18-5-2-1-3-6-18)11-14-24(15-12-21)13-4-16-25-20-9-7-19(23)8-10-20/h1-3,5-10H,4,11-17,23H2. The normalized spacial score (nSPS) is 17.3. The van der Waals surface area contributed by atoms with E-state index < -0.39 is 5.67 Å². The van der Waals surface area contributed by atoms with Crippen molar-refractivity contribution in [3.05, 3.63) is 60.2 Å². The first kappa shape index (κ1) is 17.7. The summed E-state index contributed by atoms with van der Waals surface area (Å²) in [4.78, 5) is 2.34. The number of anilines is 1. The van der Waals surface area contributed by atoms with Gasteiger partial charge in [-0.2, -0.15) is 0 Å².